The molecule has 7 nitrogen and oxygen atoms in total. The molecule has 0 bridgehead atoms. The molecule has 1 unspecified atom stereocenters. The summed E-state index contributed by atoms with van der Waals surface area (Å²) >= 11 is 0. The number of carbonyl (C=O) groups is 3. The van der Waals surface area contributed by atoms with Crippen LogP contribution in [0.25, 0.3) is 0 Å². The van der Waals surface area contributed by atoms with Crippen molar-refractivity contribution in [1.82, 2.24) is 5.32 Å². The van der Waals surface area contributed by atoms with Crippen molar-refractivity contribution in [2.45, 2.75) is 12.5 Å². The SMILES string of the molecule is COC(=O)CC(NC(=O)c1cc(F)ccc1N)C(=O)OC. The van der Waals surface area contributed by atoms with Crippen molar-refractivity contribution >= 4 is 23.5 Å². The molecule has 0 spiro atoms. The maximum atomic E-state index is 13.1. The maximum absolute atomic E-state index is 13.1. The highest BCUT2D eigenvalue weighted by Gasteiger charge is 2.26. The molecule has 1 rings (SSSR count). The largest absolute Gasteiger partial charge is 0.469 e. The van der Waals surface area contributed by atoms with Gasteiger partial charge in [-0.2, -0.15) is 0 Å². The molecule has 3 N–H and O–H groups in total. The summed E-state index contributed by atoms with van der Waals surface area (Å²) in [5.74, 6) is -3.00. The molecule has 0 aromatic heterocycles. The normalized spacial score (nSPS) is 11.4. The summed E-state index contributed by atoms with van der Waals surface area (Å²) in [5, 5.41) is 2.26. The molecule has 0 fully saturated rings. The highest BCUT2D eigenvalue weighted by molar-refractivity contribution is 6.01. The third-order valence-corrected chi connectivity index (χ3v) is 2.65. The zero-order chi connectivity index (χ0) is 16.0. The lowest BCUT2D eigenvalue weighted by molar-refractivity contribution is -0.149. The van der Waals surface area contributed by atoms with Crippen molar-refractivity contribution in [3.8, 4) is 0 Å². The number of nitrogens with one attached hydrogen (secondary N) is 1. The second kappa shape index (κ2) is 7.22. The van der Waals surface area contributed by atoms with E-state index in [1.807, 2.05) is 0 Å². The van der Waals surface area contributed by atoms with Crippen LogP contribution in [0.4, 0.5) is 10.1 Å². The molecule has 114 valence electrons. The second-order valence-electron chi connectivity index (χ2n) is 4.06. The molecule has 0 aliphatic rings. The van der Waals surface area contributed by atoms with Gasteiger partial charge in [-0.1, -0.05) is 0 Å². The first-order chi connectivity index (χ1) is 9.88. The molecule has 0 radical (unpaired) electrons. The fraction of sp³-hybridized carbons (Fsp3) is 0.308. The lowest BCUT2D eigenvalue weighted by Crippen LogP contribution is -2.43. The number of esters is 2. The molecule has 0 aliphatic carbocycles. The molecule has 0 saturated heterocycles. The van der Waals surface area contributed by atoms with Gasteiger partial charge in [0.05, 0.1) is 26.2 Å². The van der Waals surface area contributed by atoms with E-state index in [9.17, 15) is 18.8 Å². The van der Waals surface area contributed by atoms with Gasteiger partial charge < -0.3 is 20.5 Å². The molecule has 1 amide bonds. The Morgan fingerprint density at radius 1 is 1.29 bits per heavy atom. The molecule has 8 heteroatoms. The molecule has 0 saturated carbocycles. The first-order valence-electron chi connectivity index (χ1n) is 5.89. The van der Waals surface area contributed by atoms with Crippen molar-refractivity contribution in [3.05, 3.63) is 29.6 Å². The predicted octanol–water partition coefficient (Wildman–Crippen LogP) is 0.242. The lowest BCUT2D eigenvalue weighted by atomic mass is 10.1. The smallest absolute Gasteiger partial charge is 0.328 e. The Balaban J connectivity index is 2.92. The van der Waals surface area contributed by atoms with Crippen molar-refractivity contribution < 1.29 is 28.2 Å². The summed E-state index contributed by atoms with van der Waals surface area (Å²) in [5.41, 5.74) is 5.46. The predicted molar refractivity (Wildman–Crippen MR) is 70.7 cm³/mol. The molecule has 1 aromatic rings. The van der Waals surface area contributed by atoms with E-state index in [2.05, 4.69) is 14.8 Å². The van der Waals surface area contributed by atoms with Gasteiger partial charge in [-0.15, -0.1) is 0 Å². The summed E-state index contributed by atoms with van der Waals surface area (Å²) in [7, 11) is 2.25. The van der Waals surface area contributed by atoms with Crippen LogP contribution in [0.1, 0.15) is 16.8 Å². The van der Waals surface area contributed by atoms with Crippen LogP contribution < -0.4 is 11.1 Å². The van der Waals surface area contributed by atoms with Crippen molar-refractivity contribution in [2.75, 3.05) is 20.0 Å². The first-order valence-corrected chi connectivity index (χ1v) is 5.89. The summed E-state index contributed by atoms with van der Waals surface area (Å²) < 4.78 is 22.0. The van der Waals surface area contributed by atoms with Crippen LogP contribution in [0.2, 0.25) is 0 Å². The number of hydrogen-bond donors (Lipinski definition) is 2. The van der Waals surface area contributed by atoms with Crippen molar-refractivity contribution in [1.29, 1.82) is 0 Å². The second-order valence-corrected chi connectivity index (χ2v) is 4.06. The number of amides is 1. The van der Waals surface area contributed by atoms with Gasteiger partial charge in [0.1, 0.15) is 11.9 Å². The minimum Gasteiger partial charge on any atom is -0.469 e. The van der Waals surface area contributed by atoms with Gasteiger partial charge in [0.15, 0.2) is 0 Å². The summed E-state index contributed by atoms with van der Waals surface area (Å²) in [6.07, 6.45) is -0.413. The van der Waals surface area contributed by atoms with Gasteiger partial charge in [0, 0.05) is 5.69 Å². The molecule has 1 aromatic carbocycles. The van der Waals surface area contributed by atoms with Crippen LogP contribution in [-0.2, 0) is 19.1 Å². The number of benzene rings is 1. The van der Waals surface area contributed by atoms with Crippen LogP contribution in [-0.4, -0.2) is 38.1 Å². The van der Waals surface area contributed by atoms with Gasteiger partial charge in [0.2, 0.25) is 0 Å². The Bertz CT molecular complexity index is 561. The van der Waals surface area contributed by atoms with Crippen molar-refractivity contribution in [2.24, 2.45) is 0 Å². The van der Waals surface area contributed by atoms with Crippen LogP contribution in [0.5, 0.6) is 0 Å². The van der Waals surface area contributed by atoms with Crippen LogP contribution in [0.3, 0.4) is 0 Å². The Morgan fingerprint density at radius 3 is 2.52 bits per heavy atom. The minimum absolute atomic E-state index is 0.0376. The summed E-state index contributed by atoms with van der Waals surface area (Å²) in [6, 6.07) is 1.99. The van der Waals surface area contributed by atoms with E-state index in [1.54, 1.807) is 0 Å². The topological polar surface area (TPSA) is 108 Å². The van der Waals surface area contributed by atoms with Crippen LogP contribution in [0.15, 0.2) is 18.2 Å². The molecule has 0 heterocycles. The molecular formula is C13H15FN2O5. The number of anilines is 1. The summed E-state index contributed by atoms with van der Waals surface area (Å²) in [6.45, 7) is 0. The number of carbonyl (C=O) groups excluding carboxylic acids is 3. The van der Waals surface area contributed by atoms with E-state index in [1.165, 1.54) is 6.07 Å². The Hall–Kier alpha value is -2.64. The Kier molecular flexibility index (Phi) is 5.65. The number of rotatable bonds is 5. The molecule has 21 heavy (non-hydrogen) atoms. The number of hydrogen-bond acceptors (Lipinski definition) is 6. The van der Waals surface area contributed by atoms with Crippen LogP contribution in [0, 0.1) is 5.82 Å². The fourth-order valence-corrected chi connectivity index (χ4v) is 1.55. The van der Waals surface area contributed by atoms with E-state index in [0.717, 1.165) is 26.4 Å². The lowest BCUT2D eigenvalue weighted by Gasteiger charge is -2.16. The van der Waals surface area contributed by atoms with Crippen molar-refractivity contribution in [3.63, 3.8) is 0 Å². The van der Waals surface area contributed by atoms with E-state index in [-0.39, 0.29) is 11.3 Å². The van der Waals surface area contributed by atoms with Gasteiger partial charge in [-0.25, -0.2) is 9.18 Å². The highest BCUT2D eigenvalue weighted by atomic mass is 19.1. The standard InChI is InChI=1S/C13H15FN2O5/c1-20-11(17)6-10(13(19)21-2)16-12(18)8-5-7(14)3-4-9(8)15/h3-5,10H,6,15H2,1-2H3,(H,16,18). The summed E-state index contributed by atoms with van der Waals surface area (Å²) in [4.78, 5) is 34.7. The monoisotopic (exact) mass is 298 g/mol. The zero-order valence-corrected chi connectivity index (χ0v) is 11.5. The zero-order valence-electron chi connectivity index (χ0n) is 11.5. The maximum Gasteiger partial charge on any atom is 0.328 e. The number of halogens is 1. The fourth-order valence-electron chi connectivity index (χ4n) is 1.55. The van der Waals surface area contributed by atoms with Crippen LogP contribution >= 0.6 is 0 Å². The third kappa shape index (κ3) is 4.44. The molecule has 0 aliphatic heterocycles. The molecular weight excluding hydrogens is 283 g/mol. The van der Waals surface area contributed by atoms with Gasteiger partial charge >= 0.3 is 11.9 Å². The number of nitrogen functional groups attached to an aromatic ring is 1. The quantitative estimate of drug-likeness (QED) is 0.595. The first kappa shape index (κ1) is 16.4. The molecule has 1 atom stereocenters. The van der Waals surface area contributed by atoms with E-state index < -0.39 is 36.1 Å². The van der Waals surface area contributed by atoms with E-state index in [4.69, 9.17) is 5.73 Å². The van der Waals surface area contributed by atoms with Gasteiger partial charge in [0.25, 0.3) is 5.91 Å². The number of ether oxygens (including phenoxy) is 2. The van der Waals surface area contributed by atoms with E-state index >= 15 is 0 Å². The Labute approximate surface area is 120 Å². The average Bonchev–Trinajstić information content (AvgIpc) is 2.47. The minimum atomic E-state index is -1.25. The third-order valence-electron chi connectivity index (χ3n) is 2.65. The Morgan fingerprint density at radius 2 is 1.95 bits per heavy atom. The highest BCUT2D eigenvalue weighted by Crippen LogP contribution is 2.13. The van der Waals surface area contributed by atoms with Gasteiger partial charge in [-0.3, -0.25) is 9.59 Å². The van der Waals surface area contributed by atoms with E-state index in [0.29, 0.717) is 0 Å². The van der Waals surface area contributed by atoms with Gasteiger partial charge in [-0.05, 0) is 18.2 Å². The number of nitrogens with two attached hydrogens (primary N) is 1. The average molecular weight is 298 g/mol. The number of methoxy groups -OCH3 is 2.